The van der Waals surface area contributed by atoms with Gasteiger partial charge in [0.15, 0.2) is 0 Å². The molecule has 0 radical (unpaired) electrons. The highest BCUT2D eigenvalue weighted by Gasteiger charge is 2.14. The number of halogens is 1. The summed E-state index contributed by atoms with van der Waals surface area (Å²) in [5, 5.41) is 0. The summed E-state index contributed by atoms with van der Waals surface area (Å²) >= 11 is 3.53. The van der Waals surface area contributed by atoms with Crippen LogP contribution in [0.1, 0.15) is 11.4 Å². The van der Waals surface area contributed by atoms with Crippen molar-refractivity contribution >= 4 is 15.9 Å². The molecular weight excluding hydrogens is 306 g/mol. The molecule has 1 heterocycles. The number of benzene rings is 1. The second-order valence-corrected chi connectivity index (χ2v) is 5.20. The zero-order chi connectivity index (χ0) is 14.0. The molecule has 0 saturated heterocycles. The van der Waals surface area contributed by atoms with Gasteiger partial charge in [0.25, 0.3) is 0 Å². The van der Waals surface area contributed by atoms with Crippen LogP contribution in [0.25, 0.3) is 11.3 Å². The van der Waals surface area contributed by atoms with Crippen molar-refractivity contribution in [2.75, 3.05) is 13.7 Å². The fraction of sp³-hybridized carbons (Fsp3) is 0.357. The number of nitrogens with zero attached hydrogens (tertiary/aromatic N) is 2. The molecule has 4 nitrogen and oxygen atoms in total. The summed E-state index contributed by atoms with van der Waals surface area (Å²) in [5.41, 5.74) is 8.89. The first-order valence-corrected chi connectivity index (χ1v) is 6.94. The van der Waals surface area contributed by atoms with Gasteiger partial charge >= 0.3 is 0 Å². The zero-order valence-electron chi connectivity index (χ0n) is 11.4. The lowest BCUT2D eigenvalue weighted by atomic mass is 10.1. The molecule has 19 heavy (non-hydrogen) atoms. The smallest absolute Gasteiger partial charge is 0.132 e. The Morgan fingerprint density at radius 1 is 1.42 bits per heavy atom. The largest absolute Gasteiger partial charge is 0.496 e. The van der Waals surface area contributed by atoms with Crippen LogP contribution in [0.15, 0.2) is 22.8 Å². The molecule has 0 fully saturated rings. The molecule has 1 aromatic carbocycles. The number of nitrogens with two attached hydrogens (primary N) is 1. The van der Waals surface area contributed by atoms with Crippen LogP contribution in [0.3, 0.4) is 0 Å². The number of aryl methyl sites for hydroxylation is 1. The van der Waals surface area contributed by atoms with Crippen molar-refractivity contribution in [1.82, 2.24) is 9.55 Å². The van der Waals surface area contributed by atoms with Gasteiger partial charge in [-0.3, -0.25) is 0 Å². The molecule has 0 aliphatic rings. The van der Waals surface area contributed by atoms with Crippen LogP contribution in [0, 0.1) is 6.92 Å². The number of methoxy groups -OCH3 is 1. The van der Waals surface area contributed by atoms with E-state index in [2.05, 4.69) is 31.5 Å². The normalized spacial score (nSPS) is 10.8. The van der Waals surface area contributed by atoms with E-state index in [0.717, 1.165) is 39.4 Å². The SMILES string of the molecule is COc1ccc(-c2c(Br)nc(CCN)n2C)cc1C. The van der Waals surface area contributed by atoms with Crippen molar-refractivity contribution in [3.05, 3.63) is 34.2 Å². The van der Waals surface area contributed by atoms with Crippen molar-refractivity contribution in [1.29, 1.82) is 0 Å². The molecular formula is C14H18BrN3O. The van der Waals surface area contributed by atoms with E-state index in [1.54, 1.807) is 7.11 Å². The summed E-state index contributed by atoms with van der Waals surface area (Å²) in [6.45, 7) is 2.63. The van der Waals surface area contributed by atoms with E-state index < -0.39 is 0 Å². The van der Waals surface area contributed by atoms with Gasteiger partial charge in [0.2, 0.25) is 0 Å². The van der Waals surface area contributed by atoms with Gasteiger partial charge in [-0.05, 0) is 53.2 Å². The van der Waals surface area contributed by atoms with Crippen molar-refractivity contribution in [2.24, 2.45) is 12.8 Å². The van der Waals surface area contributed by atoms with Gasteiger partial charge < -0.3 is 15.0 Å². The summed E-state index contributed by atoms with van der Waals surface area (Å²) < 4.78 is 8.22. The van der Waals surface area contributed by atoms with Crippen molar-refractivity contribution in [3.63, 3.8) is 0 Å². The Morgan fingerprint density at radius 2 is 2.16 bits per heavy atom. The highest BCUT2D eigenvalue weighted by atomic mass is 79.9. The first-order chi connectivity index (χ1) is 9.08. The van der Waals surface area contributed by atoms with E-state index >= 15 is 0 Å². The molecule has 0 saturated carbocycles. The summed E-state index contributed by atoms with van der Waals surface area (Å²) in [7, 11) is 3.69. The Balaban J connectivity index is 2.49. The number of rotatable bonds is 4. The van der Waals surface area contributed by atoms with Crippen LogP contribution >= 0.6 is 15.9 Å². The molecule has 0 aliphatic carbocycles. The summed E-state index contributed by atoms with van der Waals surface area (Å²) in [4.78, 5) is 4.52. The molecule has 5 heteroatoms. The van der Waals surface area contributed by atoms with Crippen LogP contribution in [0.5, 0.6) is 5.75 Å². The Bertz CT molecular complexity index is 593. The minimum Gasteiger partial charge on any atom is -0.496 e. The fourth-order valence-electron chi connectivity index (χ4n) is 2.20. The summed E-state index contributed by atoms with van der Waals surface area (Å²) in [6, 6.07) is 6.12. The van der Waals surface area contributed by atoms with Gasteiger partial charge in [0.1, 0.15) is 16.2 Å². The topological polar surface area (TPSA) is 53.1 Å². The molecule has 102 valence electrons. The minimum absolute atomic E-state index is 0.596. The van der Waals surface area contributed by atoms with Crippen LogP contribution < -0.4 is 10.5 Å². The second-order valence-electron chi connectivity index (χ2n) is 4.45. The van der Waals surface area contributed by atoms with Crippen molar-refractivity contribution in [2.45, 2.75) is 13.3 Å². The first kappa shape index (κ1) is 14.1. The van der Waals surface area contributed by atoms with Crippen LogP contribution in [0.4, 0.5) is 0 Å². The van der Waals surface area contributed by atoms with Gasteiger partial charge in [-0.2, -0.15) is 0 Å². The molecule has 2 rings (SSSR count). The fourth-order valence-corrected chi connectivity index (χ4v) is 2.90. The van der Waals surface area contributed by atoms with Gasteiger partial charge in [-0.15, -0.1) is 0 Å². The Hall–Kier alpha value is -1.33. The van der Waals surface area contributed by atoms with Crippen LogP contribution in [-0.4, -0.2) is 23.2 Å². The number of ether oxygens (including phenoxy) is 1. The maximum absolute atomic E-state index is 5.60. The van der Waals surface area contributed by atoms with Gasteiger partial charge in [0, 0.05) is 19.0 Å². The quantitative estimate of drug-likeness (QED) is 0.941. The van der Waals surface area contributed by atoms with E-state index in [4.69, 9.17) is 10.5 Å². The highest BCUT2D eigenvalue weighted by Crippen LogP contribution is 2.31. The number of imidazole rings is 1. The van der Waals surface area contributed by atoms with E-state index in [-0.39, 0.29) is 0 Å². The maximum Gasteiger partial charge on any atom is 0.132 e. The van der Waals surface area contributed by atoms with Crippen molar-refractivity contribution in [3.8, 4) is 17.0 Å². The second kappa shape index (κ2) is 5.75. The average molecular weight is 324 g/mol. The van der Waals surface area contributed by atoms with Crippen LogP contribution in [-0.2, 0) is 13.5 Å². The lowest BCUT2D eigenvalue weighted by Gasteiger charge is -2.09. The Kier molecular flexibility index (Phi) is 4.27. The average Bonchev–Trinajstić information content (AvgIpc) is 2.65. The van der Waals surface area contributed by atoms with E-state index in [9.17, 15) is 0 Å². The summed E-state index contributed by atoms with van der Waals surface area (Å²) in [6.07, 6.45) is 0.768. The molecule has 0 amide bonds. The standard InChI is InChI=1S/C14H18BrN3O/c1-9-8-10(4-5-11(9)19-3)13-14(15)17-12(6-7-16)18(13)2/h4-5,8H,6-7,16H2,1-3H3. The Morgan fingerprint density at radius 3 is 2.74 bits per heavy atom. The third-order valence-electron chi connectivity index (χ3n) is 3.18. The van der Waals surface area contributed by atoms with Gasteiger partial charge in [0.05, 0.1) is 12.8 Å². The van der Waals surface area contributed by atoms with Gasteiger partial charge in [-0.25, -0.2) is 4.98 Å². The predicted molar refractivity (Wildman–Crippen MR) is 80.4 cm³/mol. The van der Waals surface area contributed by atoms with E-state index in [1.165, 1.54) is 0 Å². The molecule has 2 aromatic rings. The van der Waals surface area contributed by atoms with Crippen molar-refractivity contribution < 1.29 is 4.74 Å². The first-order valence-electron chi connectivity index (χ1n) is 6.14. The predicted octanol–water partition coefficient (Wildman–Crippen LogP) is 2.67. The summed E-state index contributed by atoms with van der Waals surface area (Å²) in [5.74, 6) is 1.88. The third kappa shape index (κ3) is 2.67. The number of hydrogen-bond donors (Lipinski definition) is 1. The molecule has 0 bridgehead atoms. The van der Waals surface area contributed by atoms with E-state index in [1.807, 2.05) is 26.1 Å². The van der Waals surface area contributed by atoms with Gasteiger partial charge in [-0.1, -0.05) is 0 Å². The Labute approximate surface area is 121 Å². The molecule has 0 unspecified atom stereocenters. The lowest BCUT2D eigenvalue weighted by Crippen LogP contribution is -2.08. The number of hydrogen-bond acceptors (Lipinski definition) is 3. The minimum atomic E-state index is 0.596. The third-order valence-corrected chi connectivity index (χ3v) is 3.73. The molecule has 0 spiro atoms. The van der Waals surface area contributed by atoms with E-state index in [0.29, 0.717) is 6.54 Å². The number of aromatic nitrogens is 2. The molecule has 0 atom stereocenters. The zero-order valence-corrected chi connectivity index (χ0v) is 13.0. The lowest BCUT2D eigenvalue weighted by molar-refractivity contribution is 0.412. The highest BCUT2D eigenvalue weighted by molar-refractivity contribution is 9.10. The molecule has 2 N–H and O–H groups in total. The molecule has 0 aliphatic heterocycles. The maximum atomic E-state index is 5.60. The van der Waals surface area contributed by atoms with Crippen LogP contribution in [0.2, 0.25) is 0 Å². The monoisotopic (exact) mass is 323 g/mol. The molecule has 1 aromatic heterocycles.